The molecule has 0 bridgehead atoms. The van der Waals surface area contributed by atoms with Gasteiger partial charge >= 0.3 is 0 Å². The molecule has 2 rings (SSSR count). The molecule has 0 N–H and O–H groups in total. The predicted octanol–water partition coefficient (Wildman–Crippen LogP) is 2.91. The molecule has 13 heavy (non-hydrogen) atoms. The Kier molecular flexibility index (Phi) is 2.18. The molecule has 76 valence electrons. The lowest BCUT2D eigenvalue weighted by Crippen LogP contribution is -2.44. The van der Waals surface area contributed by atoms with Crippen molar-refractivity contribution in [1.82, 2.24) is 4.90 Å². The second kappa shape index (κ2) is 2.98. The monoisotopic (exact) mass is 181 g/mol. The molecule has 0 radical (unpaired) electrons. The van der Waals surface area contributed by atoms with E-state index in [-0.39, 0.29) is 0 Å². The van der Waals surface area contributed by atoms with E-state index in [0.717, 1.165) is 17.9 Å². The van der Waals surface area contributed by atoms with E-state index in [4.69, 9.17) is 0 Å². The van der Waals surface area contributed by atoms with Crippen LogP contribution in [0.15, 0.2) is 0 Å². The van der Waals surface area contributed by atoms with Crippen LogP contribution in [0.4, 0.5) is 0 Å². The second-order valence-corrected chi connectivity index (χ2v) is 5.92. The number of nitrogens with zero attached hydrogens (tertiary/aromatic N) is 1. The van der Waals surface area contributed by atoms with Crippen molar-refractivity contribution in [2.45, 2.75) is 58.5 Å². The van der Waals surface area contributed by atoms with Gasteiger partial charge in [0.1, 0.15) is 0 Å². The maximum absolute atomic E-state index is 2.71. The van der Waals surface area contributed by atoms with Gasteiger partial charge in [0.05, 0.1) is 0 Å². The average Bonchev–Trinajstić information content (AvgIpc) is 2.51. The number of hydrogen-bond donors (Lipinski definition) is 0. The molecule has 1 saturated carbocycles. The van der Waals surface area contributed by atoms with Crippen LogP contribution < -0.4 is 0 Å². The van der Waals surface area contributed by atoms with E-state index in [1.165, 1.54) is 25.8 Å². The van der Waals surface area contributed by atoms with Gasteiger partial charge in [-0.3, -0.25) is 4.90 Å². The fourth-order valence-electron chi connectivity index (χ4n) is 3.46. The van der Waals surface area contributed by atoms with E-state index in [2.05, 4.69) is 32.6 Å². The highest BCUT2D eigenvalue weighted by atomic mass is 15.2. The molecule has 0 aromatic carbocycles. The highest BCUT2D eigenvalue weighted by Gasteiger charge is 2.44. The molecule has 1 heterocycles. The molecular weight excluding hydrogens is 158 g/mol. The quantitative estimate of drug-likeness (QED) is 0.555. The Balaban J connectivity index is 2.11. The largest absolute Gasteiger partial charge is 0.295 e. The van der Waals surface area contributed by atoms with E-state index in [1.807, 2.05) is 0 Å². The standard InChI is InChI=1S/C12H23N/c1-9-11-7-5-6-10(11)8-13(9)12(2,3)4/h9-11H,5-8H2,1-4H3/t9-,10-,11+/m1/s1. The van der Waals surface area contributed by atoms with Crippen LogP contribution in [0.2, 0.25) is 0 Å². The fourth-order valence-corrected chi connectivity index (χ4v) is 3.46. The predicted molar refractivity (Wildman–Crippen MR) is 56.8 cm³/mol. The second-order valence-electron chi connectivity index (χ2n) is 5.92. The Morgan fingerprint density at radius 1 is 1.15 bits per heavy atom. The minimum absolute atomic E-state index is 0.379. The van der Waals surface area contributed by atoms with Crippen molar-refractivity contribution in [3.05, 3.63) is 0 Å². The third kappa shape index (κ3) is 1.52. The van der Waals surface area contributed by atoms with Crippen LogP contribution >= 0.6 is 0 Å². The van der Waals surface area contributed by atoms with Crippen molar-refractivity contribution in [2.75, 3.05) is 6.54 Å². The Bertz CT molecular complexity index is 192. The summed E-state index contributed by atoms with van der Waals surface area (Å²) in [5, 5.41) is 0. The molecule has 1 nitrogen and oxygen atoms in total. The van der Waals surface area contributed by atoms with Gasteiger partial charge in [-0.15, -0.1) is 0 Å². The summed E-state index contributed by atoms with van der Waals surface area (Å²) in [5.41, 5.74) is 0.379. The molecule has 0 spiro atoms. The van der Waals surface area contributed by atoms with Gasteiger partial charge in [-0.25, -0.2) is 0 Å². The molecule has 0 unspecified atom stereocenters. The Hall–Kier alpha value is -0.0400. The minimum atomic E-state index is 0.379. The van der Waals surface area contributed by atoms with Gasteiger partial charge < -0.3 is 0 Å². The SMILES string of the molecule is C[C@@H]1[C@@H]2CCC[C@@H]2CN1C(C)(C)C. The van der Waals surface area contributed by atoms with Crippen LogP contribution in [0, 0.1) is 11.8 Å². The molecule has 1 aliphatic heterocycles. The first kappa shape index (κ1) is 9.51. The van der Waals surface area contributed by atoms with Crippen molar-refractivity contribution in [1.29, 1.82) is 0 Å². The number of likely N-dealkylation sites (tertiary alicyclic amines) is 1. The molecule has 2 aliphatic rings. The summed E-state index contributed by atoms with van der Waals surface area (Å²) in [5.74, 6) is 2.04. The lowest BCUT2D eigenvalue weighted by atomic mass is 9.95. The molecular formula is C12H23N. The first-order valence-electron chi connectivity index (χ1n) is 5.77. The Morgan fingerprint density at radius 3 is 2.38 bits per heavy atom. The summed E-state index contributed by atoms with van der Waals surface area (Å²) in [6.45, 7) is 10.8. The Labute approximate surface area is 82.5 Å². The van der Waals surface area contributed by atoms with Gasteiger partial charge in [0, 0.05) is 18.1 Å². The Morgan fingerprint density at radius 2 is 1.85 bits per heavy atom. The van der Waals surface area contributed by atoms with Crippen molar-refractivity contribution < 1.29 is 0 Å². The molecule has 0 amide bonds. The molecule has 0 aromatic rings. The lowest BCUT2D eigenvalue weighted by molar-refractivity contribution is 0.113. The smallest absolute Gasteiger partial charge is 0.0128 e. The maximum Gasteiger partial charge on any atom is 0.0128 e. The molecule has 1 aliphatic carbocycles. The molecule has 3 atom stereocenters. The highest BCUT2D eigenvalue weighted by molar-refractivity contribution is 4.98. The van der Waals surface area contributed by atoms with Gasteiger partial charge in [0.2, 0.25) is 0 Å². The van der Waals surface area contributed by atoms with E-state index in [0.29, 0.717) is 5.54 Å². The van der Waals surface area contributed by atoms with Crippen LogP contribution in [-0.2, 0) is 0 Å². The van der Waals surface area contributed by atoms with Gasteiger partial charge in [-0.05, 0) is 52.4 Å². The van der Waals surface area contributed by atoms with Crippen molar-refractivity contribution in [3.8, 4) is 0 Å². The maximum atomic E-state index is 2.71. The number of rotatable bonds is 0. The van der Waals surface area contributed by atoms with Gasteiger partial charge in [0.15, 0.2) is 0 Å². The van der Waals surface area contributed by atoms with Crippen LogP contribution in [0.25, 0.3) is 0 Å². The summed E-state index contributed by atoms with van der Waals surface area (Å²) in [6.07, 6.45) is 4.46. The zero-order valence-corrected chi connectivity index (χ0v) is 9.51. The summed E-state index contributed by atoms with van der Waals surface area (Å²) in [4.78, 5) is 2.71. The normalized spacial score (nSPS) is 41.1. The lowest BCUT2D eigenvalue weighted by Gasteiger charge is -2.37. The van der Waals surface area contributed by atoms with Crippen LogP contribution in [-0.4, -0.2) is 23.0 Å². The summed E-state index contributed by atoms with van der Waals surface area (Å²) < 4.78 is 0. The first-order valence-corrected chi connectivity index (χ1v) is 5.77. The van der Waals surface area contributed by atoms with Gasteiger partial charge in [-0.1, -0.05) is 6.42 Å². The minimum Gasteiger partial charge on any atom is -0.295 e. The summed E-state index contributed by atoms with van der Waals surface area (Å²) in [6, 6.07) is 0.826. The third-order valence-electron chi connectivity index (χ3n) is 4.12. The van der Waals surface area contributed by atoms with Crippen LogP contribution in [0.1, 0.15) is 47.0 Å². The van der Waals surface area contributed by atoms with E-state index >= 15 is 0 Å². The van der Waals surface area contributed by atoms with E-state index < -0.39 is 0 Å². The van der Waals surface area contributed by atoms with Crippen LogP contribution in [0.5, 0.6) is 0 Å². The number of hydrogen-bond acceptors (Lipinski definition) is 1. The van der Waals surface area contributed by atoms with E-state index in [1.54, 1.807) is 0 Å². The topological polar surface area (TPSA) is 3.24 Å². The van der Waals surface area contributed by atoms with Gasteiger partial charge in [-0.2, -0.15) is 0 Å². The molecule has 2 fully saturated rings. The van der Waals surface area contributed by atoms with Gasteiger partial charge in [0.25, 0.3) is 0 Å². The average molecular weight is 181 g/mol. The van der Waals surface area contributed by atoms with Crippen molar-refractivity contribution >= 4 is 0 Å². The zero-order valence-electron chi connectivity index (χ0n) is 9.51. The molecule has 0 aromatic heterocycles. The van der Waals surface area contributed by atoms with Crippen LogP contribution in [0.3, 0.4) is 0 Å². The zero-order chi connectivity index (χ0) is 9.64. The summed E-state index contributed by atoms with van der Waals surface area (Å²) in [7, 11) is 0. The third-order valence-corrected chi connectivity index (χ3v) is 4.12. The molecule has 1 heteroatoms. The fraction of sp³-hybridized carbons (Fsp3) is 1.00. The van der Waals surface area contributed by atoms with Crippen molar-refractivity contribution in [2.24, 2.45) is 11.8 Å². The summed E-state index contributed by atoms with van der Waals surface area (Å²) >= 11 is 0. The van der Waals surface area contributed by atoms with Crippen molar-refractivity contribution in [3.63, 3.8) is 0 Å². The first-order chi connectivity index (χ1) is 6.00. The highest BCUT2D eigenvalue weighted by Crippen LogP contribution is 2.44. The number of fused-ring (bicyclic) bond motifs is 1. The van der Waals surface area contributed by atoms with E-state index in [9.17, 15) is 0 Å². The molecule has 1 saturated heterocycles.